The van der Waals surface area contributed by atoms with Crippen molar-refractivity contribution < 1.29 is 9.18 Å². The van der Waals surface area contributed by atoms with Crippen LogP contribution in [0.25, 0.3) is 0 Å². The number of amides is 1. The fourth-order valence-electron chi connectivity index (χ4n) is 2.50. The van der Waals surface area contributed by atoms with Crippen LogP contribution in [-0.4, -0.2) is 5.91 Å². The Morgan fingerprint density at radius 3 is 2.31 bits per heavy atom. The van der Waals surface area contributed by atoms with Crippen molar-refractivity contribution in [3.63, 3.8) is 0 Å². The van der Waals surface area contributed by atoms with Gasteiger partial charge in [-0.3, -0.25) is 4.79 Å². The maximum Gasteiger partial charge on any atom is 0.228 e. The predicted molar refractivity (Wildman–Crippen MR) is 99.6 cm³/mol. The largest absolute Gasteiger partial charge is 0.354 e. The number of carbonyl (C=O) groups is 1. The number of nitrogens with zero attached hydrogens (tertiary/aromatic N) is 1. The molecule has 0 aromatic heterocycles. The summed E-state index contributed by atoms with van der Waals surface area (Å²) in [5.74, 6) is -0.677. The van der Waals surface area contributed by atoms with Gasteiger partial charge in [-0.1, -0.05) is 30.3 Å². The molecule has 0 radical (unpaired) electrons. The zero-order chi connectivity index (χ0) is 18.4. The number of anilines is 3. The smallest absolute Gasteiger partial charge is 0.228 e. The third kappa shape index (κ3) is 4.25. The lowest BCUT2D eigenvalue weighted by molar-refractivity contribution is -0.115. The molecule has 0 saturated carbocycles. The highest BCUT2D eigenvalue weighted by atomic mass is 19.1. The van der Waals surface area contributed by atoms with Gasteiger partial charge in [0.05, 0.1) is 17.7 Å². The number of hydrogen-bond donors (Lipinski definition) is 2. The lowest BCUT2D eigenvalue weighted by Crippen LogP contribution is -2.15. The first kappa shape index (κ1) is 17.2. The molecule has 26 heavy (non-hydrogen) atoms. The molecule has 0 bridgehead atoms. The number of nitrogens with one attached hydrogen (secondary N) is 2. The first-order valence-corrected chi connectivity index (χ1v) is 8.05. The fourth-order valence-corrected chi connectivity index (χ4v) is 2.50. The topological polar surface area (TPSA) is 64.9 Å². The molecule has 0 aliphatic carbocycles. The van der Waals surface area contributed by atoms with Crippen molar-refractivity contribution in [2.75, 3.05) is 10.6 Å². The minimum Gasteiger partial charge on any atom is -0.354 e. The molecule has 3 rings (SSSR count). The SMILES string of the molecule is N#Cc1ccccc1Nc1ccc(NC(=O)Cc2ccccc2F)cc1. The van der Waals surface area contributed by atoms with Crippen molar-refractivity contribution in [2.24, 2.45) is 0 Å². The Morgan fingerprint density at radius 2 is 1.58 bits per heavy atom. The van der Waals surface area contributed by atoms with Gasteiger partial charge < -0.3 is 10.6 Å². The van der Waals surface area contributed by atoms with Gasteiger partial charge >= 0.3 is 0 Å². The van der Waals surface area contributed by atoms with E-state index in [-0.39, 0.29) is 12.3 Å². The maximum absolute atomic E-state index is 13.6. The van der Waals surface area contributed by atoms with Gasteiger partial charge in [0.15, 0.2) is 0 Å². The molecule has 0 spiro atoms. The Kier molecular flexibility index (Phi) is 5.25. The van der Waals surface area contributed by atoms with Crippen LogP contribution in [0.1, 0.15) is 11.1 Å². The van der Waals surface area contributed by atoms with Gasteiger partial charge in [-0.05, 0) is 48.0 Å². The van der Waals surface area contributed by atoms with Gasteiger partial charge in [-0.25, -0.2) is 4.39 Å². The zero-order valence-electron chi connectivity index (χ0n) is 13.9. The van der Waals surface area contributed by atoms with Crippen molar-refractivity contribution in [1.82, 2.24) is 0 Å². The van der Waals surface area contributed by atoms with Crippen LogP contribution in [0, 0.1) is 17.1 Å². The summed E-state index contributed by atoms with van der Waals surface area (Å²) in [6.07, 6.45) is -0.0256. The number of rotatable bonds is 5. The molecule has 1 amide bonds. The number of halogens is 1. The number of para-hydroxylation sites is 1. The molecule has 3 aromatic carbocycles. The van der Waals surface area contributed by atoms with E-state index >= 15 is 0 Å². The Morgan fingerprint density at radius 1 is 0.923 bits per heavy atom. The Hall–Kier alpha value is -3.65. The summed E-state index contributed by atoms with van der Waals surface area (Å²) in [5.41, 5.74) is 3.03. The van der Waals surface area contributed by atoms with E-state index in [9.17, 15) is 9.18 Å². The molecule has 0 atom stereocenters. The molecule has 0 unspecified atom stereocenters. The van der Waals surface area contributed by atoms with Crippen LogP contribution in [0.2, 0.25) is 0 Å². The van der Waals surface area contributed by atoms with Crippen molar-refractivity contribution in [2.45, 2.75) is 6.42 Å². The second-order valence-corrected chi connectivity index (χ2v) is 5.68. The Labute approximate surface area is 150 Å². The molecule has 0 aliphatic rings. The van der Waals surface area contributed by atoms with E-state index in [1.165, 1.54) is 6.07 Å². The molecule has 4 nitrogen and oxygen atoms in total. The first-order valence-electron chi connectivity index (χ1n) is 8.05. The van der Waals surface area contributed by atoms with E-state index < -0.39 is 5.82 Å². The summed E-state index contributed by atoms with van der Waals surface area (Å²) in [6.45, 7) is 0. The van der Waals surface area contributed by atoms with Crippen molar-refractivity contribution in [3.05, 3.63) is 89.7 Å². The predicted octanol–water partition coefficient (Wildman–Crippen LogP) is 4.62. The van der Waals surface area contributed by atoms with E-state index in [4.69, 9.17) is 5.26 Å². The Balaban J connectivity index is 1.63. The quantitative estimate of drug-likeness (QED) is 0.709. The highest BCUT2D eigenvalue weighted by Crippen LogP contribution is 2.22. The number of carbonyl (C=O) groups excluding carboxylic acids is 1. The second-order valence-electron chi connectivity index (χ2n) is 5.68. The fraction of sp³-hybridized carbons (Fsp3) is 0.0476. The molecule has 2 N–H and O–H groups in total. The lowest BCUT2D eigenvalue weighted by Gasteiger charge is -2.10. The summed E-state index contributed by atoms with van der Waals surface area (Å²) in [7, 11) is 0. The van der Waals surface area contributed by atoms with Crippen LogP contribution < -0.4 is 10.6 Å². The van der Waals surface area contributed by atoms with Crippen molar-refractivity contribution in [3.8, 4) is 6.07 Å². The molecule has 0 fully saturated rings. The van der Waals surface area contributed by atoms with E-state index in [0.717, 1.165) is 5.69 Å². The molecule has 5 heteroatoms. The summed E-state index contributed by atoms with van der Waals surface area (Å²) < 4.78 is 13.6. The normalized spacial score (nSPS) is 10.0. The third-order valence-electron chi connectivity index (χ3n) is 3.80. The van der Waals surface area contributed by atoms with E-state index in [2.05, 4.69) is 16.7 Å². The van der Waals surface area contributed by atoms with E-state index in [0.29, 0.717) is 22.5 Å². The van der Waals surface area contributed by atoms with Crippen molar-refractivity contribution >= 4 is 23.0 Å². The molecule has 128 valence electrons. The molecular formula is C21H16FN3O. The minimum absolute atomic E-state index is 0.0256. The molecule has 0 aliphatic heterocycles. The van der Waals surface area contributed by atoms with Gasteiger partial charge in [-0.15, -0.1) is 0 Å². The maximum atomic E-state index is 13.6. The third-order valence-corrected chi connectivity index (χ3v) is 3.80. The second kappa shape index (κ2) is 7.95. The summed E-state index contributed by atoms with van der Waals surface area (Å²) >= 11 is 0. The summed E-state index contributed by atoms with van der Waals surface area (Å²) in [6, 6.07) is 22.6. The van der Waals surface area contributed by atoms with Crippen LogP contribution in [0.4, 0.5) is 21.5 Å². The lowest BCUT2D eigenvalue weighted by atomic mass is 10.1. The van der Waals surface area contributed by atoms with E-state index in [1.54, 1.807) is 54.6 Å². The van der Waals surface area contributed by atoms with Gasteiger partial charge in [0.25, 0.3) is 0 Å². The summed E-state index contributed by atoms with van der Waals surface area (Å²) in [4.78, 5) is 12.1. The van der Waals surface area contributed by atoms with Crippen LogP contribution in [-0.2, 0) is 11.2 Å². The van der Waals surface area contributed by atoms with Crippen molar-refractivity contribution in [1.29, 1.82) is 5.26 Å². The Bertz CT molecular complexity index is 961. The first-order chi connectivity index (χ1) is 12.7. The standard InChI is InChI=1S/C21H16FN3O/c22-19-7-3-1-5-15(19)13-21(26)25-18-11-9-17(10-12-18)24-20-8-4-2-6-16(20)14-23/h1-12,24H,13H2,(H,25,26). The molecule has 0 heterocycles. The van der Waals surface area contributed by atoms with Gasteiger partial charge in [0, 0.05) is 11.4 Å². The molecule has 3 aromatic rings. The highest BCUT2D eigenvalue weighted by Gasteiger charge is 2.08. The van der Waals surface area contributed by atoms with Crippen LogP contribution >= 0.6 is 0 Å². The molecular weight excluding hydrogens is 329 g/mol. The monoisotopic (exact) mass is 345 g/mol. The number of benzene rings is 3. The number of nitriles is 1. The zero-order valence-corrected chi connectivity index (χ0v) is 13.9. The summed E-state index contributed by atoms with van der Waals surface area (Å²) in [5, 5.41) is 15.0. The minimum atomic E-state index is -0.390. The van der Waals surface area contributed by atoms with Crippen LogP contribution in [0.5, 0.6) is 0 Å². The number of hydrogen-bond acceptors (Lipinski definition) is 3. The average molecular weight is 345 g/mol. The molecule has 0 saturated heterocycles. The highest BCUT2D eigenvalue weighted by molar-refractivity contribution is 5.92. The van der Waals surface area contributed by atoms with Gasteiger partial charge in [0.1, 0.15) is 11.9 Å². The van der Waals surface area contributed by atoms with Crippen LogP contribution in [0.15, 0.2) is 72.8 Å². The van der Waals surface area contributed by atoms with E-state index in [1.807, 2.05) is 12.1 Å². The van der Waals surface area contributed by atoms with Gasteiger partial charge in [0.2, 0.25) is 5.91 Å². The average Bonchev–Trinajstić information content (AvgIpc) is 2.66. The van der Waals surface area contributed by atoms with Crippen LogP contribution in [0.3, 0.4) is 0 Å². The van der Waals surface area contributed by atoms with Gasteiger partial charge in [-0.2, -0.15) is 5.26 Å².